The third-order valence-corrected chi connectivity index (χ3v) is 4.63. The van der Waals surface area contributed by atoms with Crippen LogP contribution in [0.4, 0.5) is 5.69 Å². The molecule has 0 aliphatic rings. The van der Waals surface area contributed by atoms with Crippen molar-refractivity contribution in [3.8, 4) is 11.5 Å². The molecule has 1 amide bonds. The Morgan fingerprint density at radius 1 is 1.17 bits per heavy atom. The molecule has 24 heavy (non-hydrogen) atoms. The van der Waals surface area contributed by atoms with E-state index in [1.54, 1.807) is 23.9 Å². The predicted molar refractivity (Wildman–Crippen MR) is 101 cm³/mol. The lowest BCUT2D eigenvalue weighted by atomic mass is 10.2. The van der Waals surface area contributed by atoms with E-state index in [1.807, 2.05) is 6.07 Å². The number of rotatable bonds is 7. The van der Waals surface area contributed by atoms with Crippen molar-refractivity contribution in [3.05, 3.63) is 52.5 Å². The first-order chi connectivity index (χ1) is 11.5. The molecule has 0 aliphatic heterocycles. The molecule has 0 radical (unpaired) electrons. The van der Waals surface area contributed by atoms with Crippen LogP contribution in [0.1, 0.15) is 11.1 Å². The van der Waals surface area contributed by atoms with Crippen LogP contribution in [0, 0.1) is 6.92 Å². The molecule has 1 N–H and O–H groups in total. The van der Waals surface area contributed by atoms with Crippen LogP contribution in [-0.4, -0.2) is 25.9 Å². The minimum absolute atomic E-state index is 0.102. The van der Waals surface area contributed by atoms with Gasteiger partial charge >= 0.3 is 0 Å². The average Bonchev–Trinajstić information content (AvgIpc) is 2.56. The van der Waals surface area contributed by atoms with Gasteiger partial charge in [-0.2, -0.15) is 0 Å². The second-order valence-corrected chi connectivity index (χ2v) is 6.61. The van der Waals surface area contributed by atoms with Crippen molar-refractivity contribution in [2.75, 3.05) is 25.3 Å². The molecule has 0 saturated carbocycles. The van der Waals surface area contributed by atoms with Crippen molar-refractivity contribution in [3.63, 3.8) is 0 Å². The predicted octanol–water partition coefficient (Wildman–Crippen LogP) is 4.54. The quantitative estimate of drug-likeness (QED) is 0.782. The lowest BCUT2D eigenvalue weighted by Gasteiger charge is -2.13. The summed E-state index contributed by atoms with van der Waals surface area (Å²) in [7, 11) is 3.05. The summed E-state index contributed by atoms with van der Waals surface area (Å²) in [6, 6.07) is 11.5. The van der Waals surface area contributed by atoms with Gasteiger partial charge in [-0.05, 0) is 12.5 Å². The van der Waals surface area contributed by atoms with Gasteiger partial charge in [0.25, 0.3) is 0 Å². The van der Waals surface area contributed by atoms with Gasteiger partial charge in [0.1, 0.15) is 11.5 Å². The number of carbonyl (C=O) groups is 1. The molecule has 0 aromatic heterocycles. The van der Waals surface area contributed by atoms with Gasteiger partial charge in [0, 0.05) is 17.9 Å². The molecule has 2 rings (SSSR count). The van der Waals surface area contributed by atoms with Gasteiger partial charge in [-0.1, -0.05) is 41.4 Å². The molecule has 128 valence electrons. The van der Waals surface area contributed by atoms with Gasteiger partial charge in [0.05, 0.1) is 30.7 Å². The Labute approximate surface area is 151 Å². The number of aryl methyl sites for hydroxylation is 1. The second-order valence-electron chi connectivity index (χ2n) is 5.22. The normalized spacial score (nSPS) is 10.3. The van der Waals surface area contributed by atoms with Crippen LogP contribution in [-0.2, 0) is 10.5 Å². The van der Waals surface area contributed by atoms with Crippen molar-refractivity contribution in [1.29, 1.82) is 0 Å². The van der Waals surface area contributed by atoms with Crippen molar-refractivity contribution in [2.24, 2.45) is 0 Å². The molecule has 0 atom stereocenters. The molecule has 0 aliphatic carbocycles. The number of halogens is 1. The largest absolute Gasteiger partial charge is 0.495 e. The fraction of sp³-hybridized carbons (Fsp3) is 0.278. The zero-order chi connectivity index (χ0) is 17.5. The van der Waals surface area contributed by atoms with Crippen LogP contribution in [0.5, 0.6) is 11.5 Å². The number of benzene rings is 2. The number of methoxy groups -OCH3 is 2. The zero-order valence-electron chi connectivity index (χ0n) is 13.9. The monoisotopic (exact) mass is 365 g/mol. The summed E-state index contributed by atoms with van der Waals surface area (Å²) in [4.78, 5) is 12.2. The molecular weight excluding hydrogens is 346 g/mol. The first-order valence-corrected chi connectivity index (χ1v) is 8.91. The van der Waals surface area contributed by atoms with E-state index in [0.717, 1.165) is 5.75 Å². The van der Waals surface area contributed by atoms with Gasteiger partial charge in [0.2, 0.25) is 5.91 Å². The van der Waals surface area contributed by atoms with Crippen molar-refractivity contribution >= 4 is 35.0 Å². The first-order valence-electron chi connectivity index (χ1n) is 7.38. The second kappa shape index (κ2) is 8.85. The Kier molecular flexibility index (Phi) is 6.82. The van der Waals surface area contributed by atoms with Gasteiger partial charge in [-0.3, -0.25) is 4.79 Å². The van der Waals surface area contributed by atoms with Gasteiger partial charge in [0.15, 0.2) is 0 Å². The number of nitrogens with one attached hydrogen (secondary N) is 1. The van der Waals surface area contributed by atoms with Gasteiger partial charge in [-0.15, -0.1) is 11.8 Å². The van der Waals surface area contributed by atoms with E-state index in [4.69, 9.17) is 21.1 Å². The smallest absolute Gasteiger partial charge is 0.234 e. The van der Waals surface area contributed by atoms with Crippen LogP contribution in [0.25, 0.3) is 0 Å². The highest BCUT2D eigenvalue weighted by Gasteiger charge is 2.12. The topological polar surface area (TPSA) is 47.6 Å². The van der Waals surface area contributed by atoms with E-state index in [1.165, 1.54) is 25.3 Å². The van der Waals surface area contributed by atoms with E-state index in [-0.39, 0.29) is 5.91 Å². The summed E-state index contributed by atoms with van der Waals surface area (Å²) in [6.45, 7) is 2.06. The highest BCUT2D eigenvalue weighted by molar-refractivity contribution is 7.99. The van der Waals surface area contributed by atoms with Gasteiger partial charge in [-0.25, -0.2) is 0 Å². The lowest BCUT2D eigenvalue weighted by Crippen LogP contribution is -2.15. The number of anilines is 1. The molecular formula is C18H20ClNO3S. The summed E-state index contributed by atoms with van der Waals surface area (Å²) < 4.78 is 10.4. The molecule has 0 fully saturated rings. The number of amides is 1. The highest BCUT2D eigenvalue weighted by atomic mass is 35.5. The van der Waals surface area contributed by atoms with Crippen molar-refractivity contribution in [2.45, 2.75) is 12.7 Å². The van der Waals surface area contributed by atoms with Crippen LogP contribution in [0.3, 0.4) is 0 Å². The third kappa shape index (κ3) is 5.08. The summed E-state index contributed by atoms with van der Waals surface area (Å²) in [6.07, 6.45) is 0. The molecule has 0 unspecified atom stereocenters. The number of carbonyl (C=O) groups excluding carboxylic acids is 1. The maximum Gasteiger partial charge on any atom is 0.234 e. The molecule has 0 bridgehead atoms. The number of hydrogen-bond acceptors (Lipinski definition) is 4. The Balaban J connectivity index is 1.94. The molecule has 6 heteroatoms. The van der Waals surface area contributed by atoms with Crippen LogP contribution >= 0.6 is 23.4 Å². The first kappa shape index (κ1) is 18.5. The van der Waals surface area contributed by atoms with Crippen molar-refractivity contribution < 1.29 is 14.3 Å². The third-order valence-electron chi connectivity index (χ3n) is 3.33. The number of thioether (sulfide) groups is 1. The van der Waals surface area contributed by atoms with E-state index < -0.39 is 0 Å². The summed E-state index contributed by atoms with van der Waals surface area (Å²) >= 11 is 7.62. The molecule has 0 spiro atoms. The maximum atomic E-state index is 12.2. The Morgan fingerprint density at radius 2 is 1.92 bits per heavy atom. The molecule has 0 heterocycles. The number of hydrogen-bond donors (Lipinski definition) is 1. The van der Waals surface area contributed by atoms with E-state index >= 15 is 0 Å². The highest BCUT2D eigenvalue weighted by Crippen LogP contribution is 2.35. The minimum atomic E-state index is -0.102. The molecule has 2 aromatic rings. The van der Waals surface area contributed by atoms with Gasteiger partial charge < -0.3 is 14.8 Å². The molecule has 2 aromatic carbocycles. The van der Waals surface area contributed by atoms with E-state index in [0.29, 0.717) is 28.0 Å². The fourth-order valence-corrected chi connectivity index (χ4v) is 3.21. The fourth-order valence-electron chi connectivity index (χ4n) is 2.21. The number of ether oxygens (including phenoxy) is 2. The van der Waals surface area contributed by atoms with Crippen LogP contribution in [0.2, 0.25) is 5.02 Å². The summed E-state index contributed by atoms with van der Waals surface area (Å²) in [5.74, 6) is 2.02. The Hall–Kier alpha value is -1.85. The standard InChI is InChI=1S/C18H20ClNO3S/c1-12-5-4-6-13(7-12)10-24-11-18(21)20-15-9-16(22-2)14(19)8-17(15)23-3/h4-9H,10-11H2,1-3H3,(H,20,21). The van der Waals surface area contributed by atoms with E-state index in [2.05, 4.69) is 30.4 Å². The van der Waals surface area contributed by atoms with E-state index in [9.17, 15) is 4.79 Å². The zero-order valence-corrected chi connectivity index (χ0v) is 15.5. The molecule has 0 saturated heterocycles. The summed E-state index contributed by atoms with van der Waals surface area (Å²) in [5.41, 5.74) is 2.97. The average molecular weight is 366 g/mol. The minimum Gasteiger partial charge on any atom is -0.495 e. The molecule has 4 nitrogen and oxygen atoms in total. The van der Waals surface area contributed by atoms with Crippen LogP contribution < -0.4 is 14.8 Å². The lowest BCUT2D eigenvalue weighted by molar-refractivity contribution is -0.113. The van der Waals surface area contributed by atoms with Crippen LogP contribution in [0.15, 0.2) is 36.4 Å². The SMILES string of the molecule is COc1cc(NC(=O)CSCc2cccc(C)c2)c(OC)cc1Cl. The Morgan fingerprint density at radius 3 is 2.58 bits per heavy atom. The summed E-state index contributed by atoms with van der Waals surface area (Å²) in [5, 5.41) is 3.27. The van der Waals surface area contributed by atoms with Crippen molar-refractivity contribution in [1.82, 2.24) is 0 Å². The Bertz CT molecular complexity index is 721. The maximum absolute atomic E-state index is 12.2.